The molecule has 0 bridgehead atoms. The second kappa shape index (κ2) is 8.05. The first-order chi connectivity index (χ1) is 15.8. The van der Waals surface area contributed by atoms with Crippen molar-refractivity contribution < 1.29 is 13.2 Å². The number of para-hydroxylation sites is 1. The predicted octanol–water partition coefficient (Wildman–Crippen LogP) is 7.74. The van der Waals surface area contributed by atoms with Crippen LogP contribution < -0.4 is 0 Å². The number of nitrogens with zero attached hydrogens (tertiary/aromatic N) is 3. The Morgan fingerprint density at radius 1 is 0.818 bits per heavy atom. The summed E-state index contributed by atoms with van der Waals surface area (Å²) >= 11 is 5.97. The van der Waals surface area contributed by atoms with Gasteiger partial charge in [-0.15, -0.1) is 0 Å². The monoisotopic (exact) mass is 463 g/mol. The van der Waals surface area contributed by atoms with E-state index in [1.165, 1.54) is 4.68 Å². The molecule has 0 spiro atoms. The molecule has 0 unspecified atom stereocenters. The summed E-state index contributed by atoms with van der Waals surface area (Å²) < 4.78 is 44.6. The molecular formula is C26H17ClF3N3. The van der Waals surface area contributed by atoms with Gasteiger partial charge in [0.25, 0.3) is 0 Å². The Morgan fingerprint density at radius 3 is 2.09 bits per heavy atom. The standard InChI is InChI=1S/C26H17ClF3N3/c1-16-7-9-18(10-8-16)24-23-21(26(28,29)30)15-22(17-11-13-19(27)14-12-17)31-25(23)33(32-24)20-5-3-2-4-6-20/h2-15H,1H3. The van der Waals surface area contributed by atoms with Gasteiger partial charge < -0.3 is 0 Å². The predicted molar refractivity (Wildman–Crippen MR) is 124 cm³/mol. The average Bonchev–Trinajstić information content (AvgIpc) is 3.19. The Morgan fingerprint density at radius 2 is 1.45 bits per heavy atom. The van der Waals surface area contributed by atoms with Crippen LogP contribution in [0.4, 0.5) is 13.2 Å². The maximum Gasteiger partial charge on any atom is 0.417 e. The molecule has 0 fully saturated rings. The molecule has 0 saturated heterocycles. The number of rotatable bonds is 3. The van der Waals surface area contributed by atoms with Crippen molar-refractivity contribution in [3.8, 4) is 28.2 Å². The van der Waals surface area contributed by atoms with E-state index in [2.05, 4.69) is 10.1 Å². The summed E-state index contributed by atoms with van der Waals surface area (Å²) in [4.78, 5) is 4.65. The van der Waals surface area contributed by atoms with Crippen molar-refractivity contribution in [2.75, 3.05) is 0 Å². The highest BCUT2D eigenvalue weighted by Crippen LogP contribution is 2.41. The van der Waals surface area contributed by atoms with E-state index in [-0.39, 0.29) is 22.4 Å². The number of alkyl halides is 3. The lowest BCUT2D eigenvalue weighted by molar-refractivity contribution is -0.136. The van der Waals surface area contributed by atoms with Gasteiger partial charge in [-0.05, 0) is 37.3 Å². The number of hydrogen-bond donors (Lipinski definition) is 0. The quantitative estimate of drug-likeness (QED) is 0.274. The number of fused-ring (bicyclic) bond motifs is 1. The zero-order valence-corrected chi connectivity index (χ0v) is 18.2. The largest absolute Gasteiger partial charge is 0.417 e. The molecule has 2 aromatic heterocycles. The van der Waals surface area contributed by atoms with E-state index in [1.807, 2.05) is 37.3 Å². The zero-order chi connectivity index (χ0) is 23.2. The van der Waals surface area contributed by atoms with Crippen LogP contribution in [0.3, 0.4) is 0 Å². The maximum atomic E-state index is 14.4. The molecule has 2 heterocycles. The van der Waals surface area contributed by atoms with Gasteiger partial charge in [-0.1, -0.05) is 71.8 Å². The highest BCUT2D eigenvalue weighted by molar-refractivity contribution is 6.30. The Labute approximate surface area is 193 Å². The second-order valence-corrected chi connectivity index (χ2v) is 8.16. The molecule has 0 atom stereocenters. The van der Waals surface area contributed by atoms with Crippen LogP contribution in [0.15, 0.2) is 84.9 Å². The van der Waals surface area contributed by atoms with E-state index in [0.29, 0.717) is 21.8 Å². The number of aromatic nitrogens is 3. The first-order valence-electron chi connectivity index (χ1n) is 10.2. The minimum atomic E-state index is -4.60. The minimum Gasteiger partial charge on any atom is -0.228 e. The molecule has 3 aromatic carbocycles. The van der Waals surface area contributed by atoms with Gasteiger partial charge in [0.2, 0.25) is 0 Å². The second-order valence-electron chi connectivity index (χ2n) is 7.72. The van der Waals surface area contributed by atoms with Crippen LogP contribution in [0.1, 0.15) is 11.1 Å². The van der Waals surface area contributed by atoms with Crippen LogP contribution in [0.25, 0.3) is 39.2 Å². The van der Waals surface area contributed by atoms with Crippen molar-refractivity contribution in [2.24, 2.45) is 0 Å². The van der Waals surface area contributed by atoms with E-state index in [4.69, 9.17) is 11.6 Å². The number of benzene rings is 3. The highest BCUT2D eigenvalue weighted by Gasteiger charge is 2.36. The number of aryl methyl sites for hydroxylation is 1. The molecule has 164 valence electrons. The molecule has 0 N–H and O–H groups in total. The molecule has 0 amide bonds. The van der Waals surface area contributed by atoms with Crippen LogP contribution in [-0.2, 0) is 6.18 Å². The molecule has 5 aromatic rings. The Bertz CT molecular complexity index is 1440. The van der Waals surface area contributed by atoms with Gasteiger partial charge in [-0.3, -0.25) is 0 Å². The summed E-state index contributed by atoms with van der Waals surface area (Å²) in [6, 6.07) is 23.9. The lowest BCUT2D eigenvalue weighted by Crippen LogP contribution is -2.08. The van der Waals surface area contributed by atoms with Crippen molar-refractivity contribution in [3.63, 3.8) is 0 Å². The summed E-state index contributed by atoms with van der Waals surface area (Å²) in [6.45, 7) is 1.92. The topological polar surface area (TPSA) is 30.7 Å². The normalized spacial score (nSPS) is 11.8. The molecule has 0 saturated carbocycles. The van der Waals surface area contributed by atoms with Crippen molar-refractivity contribution >= 4 is 22.6 Å². The molecule has 7 heteroatoms. The molecular weight excluding hydrogens is 447 g/mol. The van der Waals surface area contributed by atoms with Gasteiger partial charge in [-0.25, -0.2) is 9.67 Å². The minimum absolute atomic E-state index is 0.0343. The van der Waals surface area contributed by atoms with Gasteiger partial charge >= 0.3 is 6.18 Å². The first-order valence-corrected chi connectivity index (χ1v) is 10.6. The number of halogens is 4. The summed E-state index contributed by atoms with van der Waals surface area (Å²) in [7, 11) is 0. The van der Waals surface area contributed by atoms with Gasteiger partial charge in [0, 0.05) is 16.1 Å². The molecule has 5 rings (SSSR count). The van der Waals surface area contributed by atoms with Crippen LogP contribution in [0.2, 0.25) is 5.02 Å². The van der Waals surface area contributed by atoms with Gasteiger partial charge in [-0.2, -0.15) is 18.3 Å². The van der Waals surface area contributed by atoms with E-state index in [0.717, 1.165) is 11.6 Å². The fourth-order valence-corrected chi connectivity index (χ4v) is 3.90. The Balaban J connectivity index is 1.88. The van der Waals surface area contributed by atoms with Gasteiger partial charge in [0.1, 0.15) is 5.69 Å². The third kappa shape index (κ3) is 3.98. The molecule has 33 heavy (non-hydrogen) atoms. The van der Waals surface area contributed by atoms with Crippen LogP contribution in [0.5, 0.6) is 0 Å². The summed E-state index contributed by atoms with van der Waals surface area (Å²) in [6.07, 6.45) is -4.60. The van der Waals surface area contributed by atoms with Crippen molar-refractivity contribution in [3.05, 3.63) is 101 Å². The third-order valence-corrected chi connectivity index (χ3v) is 5.66. The fraction of sp³-hybridized carbons (Fsp3) is 0.0769. The third-order valence-electron chi connectivity index (χ3n) is 5.41. The number of pyridine rings is 1. The average molecular weight is 464 g/mol. The summed E-state index contributed by atoms with van der Waals surface area (Å²) in [5.74, 6) is 0. The van der Waals surface area contributed by atoms with E-state index in [1.54, 1.807) is 48.5 Å². The van der Waals surface area contributed by atoms with E-state index in [9.17, 15) is 13.2 Å². The molecule has 0 aliphatic heterocycles. The lowest BCUT2D eigenvalue weighted by Gasteiger charge is -2.12. The highest BCUT2D eigenvalue weighted by atomic mass is 35.5. The SMILES string of the molecule is Cc1ccc(-c2nn(-c3ccccc3)c3nc(-c4ccc(Cl)cc4)cc(C(F)(F)F)c23)cc1. The van der Waals surface area contributed by atoms with Crippen molar-refractivity contribution in [2.45, 2.75) is 13.1 Å². The van der Waals surface area contributed by atoms with Crippen molar-refractivity contribution in [1.82, 2.24) is 14.8 Å². The first kappa shape index (κ1) is 21.2. The molecule has 3 nitrogen and oxygen atoms in total. The lowest BCUT2D eigenvalue weighted by atomic mass is 10.0. The van der Waals surface area contributed by atoms with E-state index >= 15 is 0 Å². The molecule has 0 aliphatic carbocycles. The maximum absolute atomic E-state index is 14.4. The Kier molecular flexibility index (Phi) is 5.17. The van der Waals surface area contributed by atoms with Gasteiger partial charge in [0.05, 0.1) is 22.3 Å². The van der Waals surface area contributed by atoms with Crippen LogP contribution in [0, 0.1) is 6.92 Å². The van der Waals surface area contributed by atoms with Crippen LogP contribution >= 0.6 is 11.6 Å². The molecule has 0 radical (unpaired) electrons. The van der Waals surface area contributed by atoms with Gasteiger partial charge in [0.15, 0.2) is 5.65 Å². The summed E-state index contributed by atoms with van der Waals surface area (Å²) in [5, 5.41) is 5.07. The zero-order valence-electron chi connectivity index (χ0n) is 17.4. The number of hydrogen-bond acceptors (Lipinski definition) is 2. The fourth-order valence-electron chi connectivity index (χ4n) is 3.77. The van der Waals surface area contributed by atoms with E-state index < -0.39 is 11.7 Å². The smallest absolute Gasteiger partial charge is 0.228 e. The Hall–Kier alpha value is -3.64. The van der Waals surface area contributed by atoms with Crippen molar-refractivity contribution in [1.29, 1.82) is 0 Å². The molecule has 0 aliphatic rings. The van der Waals surface area contributed by atoms with Crippen LogP contribution in [-0.4, -0.2) is 14.8 Å². The summed E-state index contributed by atoms with van der Waals surface area (Å²) in [5.41, 5.74) is 2.53.